The van der Waals surface area contributed by atoms with Gasteiger partial charge in [0.05, 0.1) is 9.89 Å². The lowest BCUT2D eigenvalue weighted by Crippen LogP contribution is -2.37. The first kappa shape index (κ1) is 13.5. The summed E-state index contributed by atoms with van der Waals surface area (Å²) in [7, 11) is 0. The maximum Gasteiger partial charge on any atom is 0.231 e. The van der Waals surface area contributed by atoms with Gasteiger partial charge in [-0.05, 0) is 53.5 Å². The van der Waals surface area contributed by atoms with E-state index in [0.717, 1.165) is 19.4 Å². The summed E-state index contributed by atoms with van der Waals surface area (Å²) in [4.78, 5) is 12.3. The molecule has 0 bridgehead atoms. The molecule has 0 radical (unpaired) electrons. The van der Waals surface area contributed by atoms with Crippen molar-refractivity contribution < 1.29 is 9.18 Å². The average molecular weight is 315 g/mol. The van der Waals surface area contributed by atoms with Gasteiger partial charge in [0.25, 0.3) is 0 Å². The van der Waals surface area contributed by atoms with E-state index in [1.165, 1.54) is 6.07 Å². The van der Waals surface area contributed by atoms with E-state index >= 15 is 0 Å². The van der Waals surface area contributed by atoms with Crippen LogP contribution in [-0.4, -0.2) is 19.0 Å². The summed E-state index contributed by atoms with van der Waals surface area (Å²) in [6.45, 7) is 3.60. The van der Waals surface area contributed by atoms with E-state index in [4.69, 9.17) is 0 Å². The highest BCUT2D eigenvalue weighted by Gasteiger charge is 2.39. The highest BCUT2D eigenvalue weighted by molar-refractivity contribution is 9.10. The minimum absolute atomic E-state index is 0.00788. The molecule has 1 aromatic rings. The number of benzene rings is 1. The summed E-state index contributed by atoms with van der Waals surface area (Å²) in [5.41, 5.74) is 0.286. The van der Waals surface area contributed by atoms with Crippen molar-refractivity contribution in [3.05, 3.63) is 28.5 Å². The molecule has 1 fully saturated rings. The lowest BCUT2D eigenvalue weighted by molar-refractivity contribution is -0.124. The molecule has 0 aromatic heterocycles. The van der Waals surface area contributed by atoms with Crippen molar-refractivity contribution in [3.63, 3.8) is 0 Å². The third kappa shape index (κ3) is 2.57. The van der Waals surface area contributed by atoms with E-state index in [-0.39, 0.29) is 17.1 Å². The number of carbonyl (C=O) groups excluding carboxylic acids is 1. The Morgan fingerprint density at radius 2 is 2.39 bits per heavy atom. The van der Waals surface area contributed by atoms with Gasteiger partial charge >= 0.3 is 0 Å². The molecule has 0 aliphatic carbocycles. The topological polar surface area (TPSA) is 41.1 Å². The first-order chi connectivity index (χ1) is 8.57. The lowest BCUT2D eigenvalue weighted by Gasteiger charge is -2.25. The van der Waals surface area contributed by atoms with Crippen molar-refractivity contribution in [2.75, 3.05) is 18.4 Å². The Labute approximate surface area is 114 Å². The van der Waals surface area contributed by atoms with Crippen LogP contribution < -0.4 is 10.6 Å². The minimum Gasteiger partial charge on any atom is -0.326 e. The van der Waals surface area contributed by atoms with Gasteiger partial charge < -0.3 is 10.6 Å². The summed E-state index contributed by atoms with van der Waals surface area (Å²) in [5, 5.41) is 6.09. The number of nitrogens with one attached hydrogen (secondary N) is 2. The number of carbonyl (C=O) groups is 1. The van der Waals surface area contributed by atoms with Crippen molar-refractivity contribution in [3.8, 4) is 0 Å². The van der Waals surface area contributed by atoms with Crippen molar-refractivity contribution in [1.29, 1.82) is 0 Å². The van der Waals surface area contributed by atoms with Gasteiger partial charge in [-0.2, -0.15) is 0 Å². The standard InChI is InChI=1S/C13H16BrFN2O/c1-2-13(5-6-16-8-13)12(18)17-9-3-4-11(15)10(14)7-9/h3-4,7,16H,2,5-6,8H2,1H3,(H,17,18). The highest BCUT2D eigenvalue weighted by atomic mass is 79.9. The fourth-order valence-corrected chi connectivity index (χ4v) is 2.62. The normalized spacial score (nSPS) is 23.1. The van der Waals surface area contributed by atoms with Crippen molar-refractivity contribution in [2.45, 2.75) is 19.8 Å². The quantitative estimate of drug-likeness (QED) is 0.900. The number of hydrogen-bond donors (Lipinski definition) is 2. The Hall–Kier alpha value is -0.940. The van der Waals surface area contributed by atoms with Gasteiger partial charge in [-0.3, -0.25) is 4.79 Å². The van der Waals surface area contributed by atoms with Gasteiger partial charge in [-0.15, -0.1) is 0 Å². The van der Waals surface area contributed by atoms with Crippen LogP contribution in [-0.2, 0) is 4.79 Å². The number of amides is 1. The fourth-order valence-electron chi connectivity index (χ4n) is 2.24. The molecule has 0 spiro atoms. The summed E-state index contributed by atoms with van der Waals surface area (Å²) in [6, 6.07) is 4.49. The first-order valence-corrected chi connectivity index (χ1v) is 6.84. The van der Waals surface area contributed by atoms with Gasteiger partial charge in [0.1, 0.15) is 5.82 Å². The number of anilines is 1. The van der Waals surface area contributed by atoms with Gasteiger partial charge in [-0.1, -0.05) is 6.92 Å². The van der Waals surface area contributed by atoms with Crippen molar-refractivity contribution >= 4 is 27.5 Å². The summed E-state index contributed by atoms with van der Waals surface area (Å²) in [5.74, 6) is -0.325. The molecule has 1 saturated heterocycles. The Morgan fingerprint density at radius 3 is 2.94 bits per heavy atom. The zero-order valence-electron chi connectivity index (χ0n) is 10.2. The molecular weight excluding hydrogens is 299 g/mol. The molecular formula is C13H16BrFN2O. The molecule has 1 heterocycles. The third-order valence-corrected chi connectivity index (χ3v) is 4.19. The molecule has 1 aliphatic rings. The molecule has 1 atom stereocenters. The lowest BCUT2D eigenvalue weighted by atomic mass is 9.83. The van der Waals surface area contributed by atoms with E-state index in [2.05, 4.69) is 26.6 Å². The van der Waals surface area contributed by atoms with Crippen LogP contribution in [0.4, 0.5) is 10.1 Å². The zero-order valence-corrected chi connectivity index (χ0v) is 11.8. The van der Waals surface area contributed by atoms with Crippen LogP contribution >= 0.6 is 15.9 Å². The van der Waals surface area contributed by atoms with E-state index in [1.807, 2.05) is 6.92 Å². The van der Waals surface area contributed by atoms with Crippen LogP contribution in [0.5, 0.6) is 0 Å². The Bertz CT molecular complexity index is 458. The monoisotopic (exact) mass is 314 g/mol. The van der Waals surface area contributed by atoms with Crippen LogP contribution in [0, 0.1) is 11.2 Å². The Kier molecular flexibility index (Phi) is 4.02. The maximum absolute atomic E-state index is 13.1. The zero-order chi connectivity index (χ0) is 13.2. The van der Waals surface area contributed by atoms with Gasteiger partial charge in [-0.25, -0.2) is 4.39 Å². The van der Waals surface area contributed by atoms with Crippen molar-refractivity contribution in [1.82, 2.24) is 5.32 Å². The number of rotatable bonds is 3. The predicted octanol–water partition coefficient (Wildman–Crippen LogP) is 2.92. The Balaban J connectivity index is 2.13. The second-order valence-corrected chi connectivity index (χ2v) is 5.50. The molecule has 1 amide bonds. The molecule has 98 valence electrons. The van der Waals surface area contributed by atoms with E-state index in [1.54, 1.807) is 12.1 Å². The molecule has 3 nitrogen and oxygen atoms in total. The molecule has 2 N–H and O–H groups in total. The molecule has 1 aromatic carbocycles. The summed E-state index contributed by atoms with van der Waals surface area (Å²) < 4.78 is 13.5. The molecule has 5 heteroatoms. The third-order valence-electron chi connectivity index (χ3n) is 3.58. The van der Waals surface area contributed by atoms with E-state index in [0.29, 0.717) is 16.7 Å². The van der Waals surface area contributed by atoms with E-state index in [9.17, 15) is 9.18 Å². The van der Waals surface area contributed by atoms with Crippen molar-refractivity contribution in [2.24, 2.45) is 5.41 Å². The molecule has 1 aliphatic heterocycles. The molecule has 2 rings (SSSR count). The van der Waals surface area contributed by atoms with Crippen LogP contribution in [0.15, 0.2) is 22.7 Å². The van der Waals surface area contributed by atoms with Gasteiger partial charge in [0.15, 0.2) is 0 Å². The number of hydrogen-bond acceptors (Lipinski definition) is 2. The van der Waals surface area contributed by atoms with E-state index < -0.39 is 0 Å². The average Bonchev–Trinajstić information content (AvgIpc) is 2.84. The smallest absolute Gasteiger partial charge is 0.231 e. The number of halogens is 2. The minimum atomic E-state index is -0.333. The van der Waals surface area contributed by atoms with Crippen LogP contribution in [0.2, 0.25) is 0 Å². The highest BCUT2D eigenvalue weighted by Crippen LogP contribution is 2.31. The first-order valence-electron chi connectivity index (χ1n) is 6.04. The SMILES string of the molecule is CCC1(C(=O)Nc2ccc(F)c(Br)c2)CCNC1. The Morgan fingerprint density at radius 1 is 1.61 bits per heavy atom. The molecule has 18 heavy (non-hydrogen) atoms. The predicted molar refractivity (Wildman–Crippen MR) is 72.9 cm³/mol. The van der Waals surface area contributed by atoms with Crippen LogP contribution in [0.25, 0.3) is 0 Å². The van der Waals surface area contributed by atoms with Crippen LogP contribution in [0.3, 0.4) is 0 Å². The fraction of sp³-hybridized carbons (Fsp3) is 0.462. The maximum atomic E-state index is 13.1. The molecule has 0 saturated carbocycles. The summed E-state index contributed by atoms with van der Waals surface area (Å²) >= 11 is 3.11. The molecule has 1 unspecified atom stereocenters. The second-order valence-electron chi connectivity index (χ2n) is 4.64. The largest absolute Gasteiger partial charge is 0.326 e. The summed E-state index contributed by atoms with van der Waals surface area (Å²) in [6.07, 6.45) is 1.64. The van der Waals surface area contributed by atoms with Gasteiger partial charge in [0, 0.05) is 12.2 Å². The van der Waals surface area contributed by atoms with Crippen LogP contribution in [0.1, 0.15) is 19.8 Å². The van der Waals surface area contributed by atoms with Gasteiger partial charge in [0.2, 0.25) is 5.91 Å². The second kappa shape index (κ2) is 5.36.